The van der Waals surface area contributed by atoms with Crippen LogP contribution in [0.5, 0.6) is 0 Å². The first kappa shape index (κ1) is 16.0. The van der Waals surface area contributed by atoms with E-state index in [-0.39, 0.29) is 11.7 Å². The van der Waals surface area contributed by atoms with E-state index in [0.29, 0.717) is 24.3 Å². The van der Waals surface area contributed by atoms with Crippen LogP contribution in [0.2, 0.25) is 0 Å². The van der Waals surface area contributed by atoms with Gasteiger partial charge in [0.05, 0.1) is 6.61 Å². The Labute approximate surface area is 126 Å². The molecule has 0 aromatic heterocycles. The number of nitrogens with zero attached hydrogens (tertiary/aromatic N) is 1. The third-order valence-corrected chi connectivity index (χ3v) is 4.00. The van der Waals surface area contributed by atoms with Crippen molar-refractivity contribution in [1.29, 1.82) is 0 Å². The Morgan fingerprint density at radius 2 is 2.24 bits per heavy atom. The minimum atomic E-state index is -0.224. The largest absolute Gasteiger partial charge is 0.381 e. The maximum absolute atomic E-state index is 13.5. The molecule has 0 saturated carbocycles. The fourth-order valence-corrected chi connectivity index (χ4v) is 2.81. The normalized spacial score (nSPS) is 18.8. The van der Waals surface area contributed by atoms with Gasteiger partial charge in [0.25, 0.3) is 0 Å². The van der Waals surface area contributed by atoms with Crippen molar-refractivity contribution in [3.8, 4) is 0 Å². The standard InChI is InChI=1S/C17H24FNO2/c1-2-21-13-14-6-5-11-19(12-14)17(20)10-9-15-7-3-4-8-16(15)18/h3-4,7-8,14H,2,5-6,9-13H2,1H3. The van der Waals surface area contributed by atoms with Gasteiger partial charge in [-0.2, -0.15) is 0 Å². The van der Waals surface area contributed by atoms with Gasteiger partial charge in [-0.3, -0.25) is 4.79 Å². The highest BCUT2D eigenvalue weighted by atomic mass is 19.1. The van der Waals surface area contributed by atoms with Crippen LogP contribution in [0.4, 0.5) is 4.39 Å². The third-order valence-electron chi connectivity index (χ3n) is 4.00. The van der Waals surface area contributed by atoms with Crippen molar-refractivity contribution in [3.63, 3.8) is 0 Å². The average Bonchev–Trinajstić information content (AvgIpc) is 2.52. The molecule has 3 nitrogen and oxygen atoms in total. The number of hydrogen-bond acceptors (Lipinski definition) is 2. The van der Waals surface area contributed by atoms with Crippen molar-refractivity contribution >= 4 is 5.91 Å². The molecular weight excluding hydrogens is 269 g/mol. The smallest absolute Gasteiger partial charge is 0.222 e. The van der Waals surface area contributed by atoms with Crippen LogP contribution in [0, 0.1) is 11.7 Å². The Kier molecular flexibility index (Phi) is 6.18. The summed E-state index contributed by atoms with van der Waals surface area (Å²) in [5.74, 6) is 0.341. The number of piperidine rings is 1. The highest BCUT2D eigenvalue weighted by Crippen LogP contribution is 2.18. The molecule has 0 bridgehead atoms. The Bertz CT molecular complexity index is 464. The zero-order valence-electron chi connectivity index (χ0n) is 12.7. The van der Waals surface area contributed by atoms with Gasteiger partial charge in [-0.05, 0) is 43.7 Å². The minimum Gasteiger partial charge on any atom is -0.381 e. The molecule has 1 saturated heterocycles. The Balaban J connectivity index is 1.81. The molecule has 1 heterocycles. The van der Waals surface area contributed by atoms with E-state index in [1.165, 1.54) is 6.07 Å². The number of carbonyl (C=O) groups excluding carboxylic acids is 1. The molecule has 4 heteroatoms. The van der Waals surface area contributed by atoms with Gasteiger partial charge in [0, 0.05) is 26.1 Å². The summed E-state index contributed by atoms with van der Waals surface area (Å²) in [7, 11) is 0. The van der Waals surface area contributed by atoms with E-state index >= 15 is 0 Å². The average molecular weight is 293 g/mol. The van der Waals surface area contributed by atoms with E-state index < -0.39 is 0 Å². The van der Waals surface area contributed by atoms with Gasteiger partial charge in [0.1, 0.15) is 5.82 Å². The van der Waals surface area contributed by atoms with Crippen molar-refractivity contribution in [2.24, 2.45) is 5.92 Å². The number of halogens is 1. The van der Waals surface area contributed by atoms with E-state index in [1.807, 2.05) is 17.9 Å². The lowest BCUT2D eigenvalue weighted by Crippen LogP contribution is -2.41. The van der Waals surface area contributed by atoms with E-state index in [4.69, 9.17) is 4.74 Å². The molecule has 1 aromatic carbocycles. The minimum absolute atomic E-state index is 0.124. The molecule has 1 fully saturated rings. The molecule has 0 N–H and O–H groups in total. The lowest BCUT2D eigenvalue weighted by atomic mass is 9.98. The summed E-state index contributed by atoms with van der Waals surface area (Å²) in [6.45, 7) is 5.03. The maximum Gasteiger partial charge on any atom is 0.222 e. The van der Waals surface area contributed by atoms with Gasteiger partial charge in [0.15, 0.2) is 0 Å². The summed E-state index contributed by atoms with van der Waals surface area (Å²) >= 11 is 0. The molecule has 1 aliphatic heterocycles. The molecule has 1 unspecified atom stereocenters. The van der Waals surface area contributed by atoms with E-state index in [9.17, 15) is 9.18 Å². The van der Waals surface area contributed by atoms with Gasteiger partial charge < -0.3 is 9.64 Å². The first-order valence-corrected chi connectivity index (χ1v) is 7.79. The van der Waals surface area contributed by atoms with E-state index in [0.717, 1.165) is 39.1 Å². The predicted octanol–water partition coefficient (Wildman–Crippen LogP) is 3.03. The van der Waals surface area contributed by atoms with Gasteiger partial charge >= 0.3 is 0 Å². The maximum atomic E-state index is 13.5. The van der Waals surface area contributed by atoms with Crippen molar-refractivity contribution in [2.45, 2.75) is 32.6 Å². The zero-order chi connectivity index (χ0) is 15.1. The number of carbonyl (C=O) groups is 1. The zero-order valence-corrected chi connectivity index (χ0v) is 12.7. The number of aryl methyl sites for hydroxylation is 1. The SMILES string of the molecule is CCOCC1CCCN(C(=O)CCc2ccccc2F)C1. The molecular formula is C17H24FNO2. The summed E-state index contributed by atoms with van der Waals surface area (Å²) in [6.07, 6.45) is 3.00. The van der Waals surface area contributed by atoms with Crippen LogP contribution in [0.3, 0.4) is 0 Å². The fraction of sp³-hybridized carbons (Fsp3) is 0.588. The van der Waals surface area contributed by atoms with Crippen LogP contribution >= 0.6 is 0 Å². The van der Waals surface area contributed by atoms with Crippen molar-refractivity contribution < 1.29 is 13.9 Å². The number of benzene rings is 1. The molecule has 1 amide bonds. The van der Waals surface area contributed by atoms with Crippen LogP contribution in [0.25, 0.3) is 0 Å². The lowest BCUT2D eigenvalue weighted by molar-refractivity contribution is -0.133. The number of likely N-dealkylation sites (tertiary alicyclic amines) is 1. The molecule has 1 atom stereocenters. The quantitative estimate of drug-likeness (QED) is 0.807. The molecule has 116 valence electrons. The molecule has 0 aliphatic carbocycles. The topological polar surface area (TPSA) is 29.5 Å². The third kappa shape index (κ3) is 4.81. The second-order valence-electron chi connectivity index (χ2n) is 5.60. The van der Waals surface area contributed by atoms with Crippen LogP contribution < -0.4 is 0 Å². The highest BCUT2D eigenvalue weighted by molar-refractivity contribution is 5.76. The van der Waals surface area contributed by atoms with Crippen LogP contribution in [0.15, 0.2) is 24.3 Å². The molecule has 0 radical (unpaired) electrons. The fourth-order valence-electron chi connectivity index (χ4n) is 2.81. The summed E-state index contributed by atoms with van der Waals surface area (Å²) in [5.41, 5.74) is 0.619. The highest BCUT2D eigenvalue weighted by Gasteiger charge is 2.23. The molecule has 1 aromatic rings. The number of hydrogen-bond donors (Lipinski definition) is 0. The molecule has 21 heavy (non-hydrogen) atoms. The van der Waals surface area contributed by atoms with Crippen molar-refractivity contribution in [2.75, 3.05) is 26.3 Å². The number of amides is 1. The van der Waals surface area contributed by atoms with Gasteiger partial charge in [-0.15, -0.1) is 0 Å². The first-order valence-electron chi connectivity index (χ1n) is 7.79. The summed E-state index contributed by atoms with van der Waals surface area (Å²) in [4.78, 5) is 14.2. The molecule has 0 spiro atoms. The Morgan fingerprint density at radius 3 is 3.00 bits per heavy atom. The lowest BCUT2D eigenvalue weighted by Gasteiger charge is -2.32. The van der Waals surface area contributed by atoms with Crippen molar-refractivity contribution in [3.05, 3.63) is 35.6 Å². The second kappa shape index (κ2) is 8.13. The van der Waals surface area contributed by atoms with Crippen molar-refractivity contribution in [1.82, 2.24) is 4.90 Å². The number of rotatable bonds is 6. The van der Waals surface area contributed by atoms with Crippen LogP contribution in [0.1, 0.15) is 31.7 Å². The van der Waals surface area contributed by atoms with Crippen LogP contribution in [-0.2, 0) is 16.0 Å². The summed E-state index contributed by atoms with van der Waals surface area (Å²) in [5, 5.41) is 0. The van der Waals surface area contributed by atoms with Gasteiger partial charge in [-0.1, -0.05) is 18.2 Å². The summed E-state index contributed by atoms with van der Waals surface area (Å²) in [6, 6.07) is 6.67. The first-order chi connectivity index (χ1) is 10.2. The number of ether oxygens (including phenoxy) is 1. The predicted molar refractivity (Wildman–Crippen MR) is 80.5 cm³/mol. The van der Waals surface area contributed by atoms with E-state index in [2.05, 4.69) is 0 Å². The summed E-state index contributed by atoms with van der Waals surface area (Å²) < 4.78 is 19.0. The van der Waals surface area contributed by atoms with Gasteiger partial charge in [-0.25, -0.2) is 4.39 Å². The molecule has 2 rings (SSSR count). The monoisotopic (exact) mass is 293 g/mol. The Hall–Kier alpha value is -1.42. The van der Waals surface area contributed by atoms with E-state index in [1.54, 1.807) is 12.1 Å². The van der Waals surface area contributed by atoms with Crippen LogP contribution in [-0.4, -0.2) is 37.1 Å². The molecule has 1 aliphatic rings. The second-order valence-corrected chi connectivity index (χ2v) is 5.60. The van der Waals surface area contributed by atoms with Gasteiger partial charge in [0.2, 0.25) is 5.91 Å². The Morgan fingerprint density at radius 1 is 1.43 bits per heavy atom.